The highest BCUT2D eigenvalue weighted by molar-refractivity contribution is 6.00. The lowest BCUT2D eigenvalue weighted by Gasteiger charge is -2.11. The van der Waals surface area contributed by atoms with Gasteiger partial charge in [-0.3, -0.25) is 0 Å². The van der Waals surface area contributed by atoms with E-state index < -0.39 is 11.8 Å². The van der Waals surface area contributed by atoms with Gasteiger partial charge < -0.3 is 21.1 Å². The van der Waals surface area contributed by atoms with E-state index in [1.165, 1.54) is 12.4 Å². The van der Waals surface area contributed by atoms with Gasteiger partial charge in [-0.05, 0) is 49.2 Å². The third kappa shape index (κ3) is 4.37. The van der Waals surface area contributed by atoms with Crippen LogP contribution in [0.15, 0.2) is 55.0 Å². The quantitative estimate of drug-likeness (QED) is 0.411. The smallest absolute Gasteiger partial charge is 0.323 e. The molecule has 2 aromatic heterocycles. The van der Waals surface area contributed by atoms with E-state index in [0.29, 0.717) is 30.2 Å². The maximum Gasteiger partial charge on any atom is 0.323 e. The molecule has 0 saturated heterocycles. The molecule has 32 heavy (non-hydrogen) atoms. The van der Waals surface area contributed by atoms with Gasteiger partial charge in [-0.15, -0.1) is 0 Å². The van der Waals surface area contributed by atoms with Crippen molar-refractivity contribution in [2.75, 3.05) is 23.0 Å². The Morgan fingerprint density at radius 2 is 1.97 bits per heavy atom. The summed E-state index contributed by atoms with van der Waals surface area (Å²) in [5, 5.41) is 9.48. The van der Waals surface area contributed by atoms with Gasteiger partial charge in [-0.2, -0.15) is 5.10 Å². The van der Waals surface area contributed by atoms with Gasteiger partial charge in [0.15, 0.2) is 5.82 Å². The Morgan fingerprint density at radius 1 is 1.19 bits per heavy atom. The van der Waals surface area contributed by atoms with E-state index in [-0.39, 0.29) is 5.69 Å². The number of aromatic nitrogens is 3. The molecule has 8 nitrogen and oxygen atoms in total. The maximum absolute atomic E-state index is 13.9. The van der Waals surface area contributed by atoms with Crippen LogP contribution in [0.2, 0.25) is 0 Å². The zero-order valence-corrected chi connectivity index (χ0v) is 17.7. The first-order valence-corrected chi connectivity index (χ1v) is 10.1. The second-order valence-electron chi connectivity index (χ2n) is 7.24. The number of hydrogen-bond donors (Lipinski definition) is 3. The van der Waals surface area contributed by atoms with Crippen molar-refractivity contribution < 1.29 is 13.9 Å². The molecule has 9 heteroatoms. The van der Waals surface area contributed by atoms with Gasteiger partial charge in [-0.1, -0.05) is 18.2 Å². The number of nitrogens with one attached hydrogen (secondary N) is 2. The molecule has 0 spiro atoms. The number of carbonyl (C=O) groups excluding carboxylic acids is 1. The number of nitrogens with two attached hydrogens (primary N) is 1. The van der Waals surface area contributed by atoms with Crippen LogP contribution in [-0.4, -0.2) is 27.2 Å². The fourth-order valence-electron chi connectivity index (χ4n) is 3.47. The van der Waals surface area contributed by atoms with Crippen LogP contribution in [0.1, 0.15) is 18.1 Å². The van der Waals surface area contributed by atoms with E-state index in [1.54, 1.807) is 28.8 Å². The molecule has 2 aromatic carbocycles. The van der Waals surface area contributed by atoms with Gasteiger partial charge in [0.1, 0.15) is 17.7 Å². The minimum Gasteiger partial charge on any atom is -0.382 e. The number of anilines is 3. The molecule has 4 N–H and O–H groups in total. The topological polar surface area (TPSA) is 107 Å². The standard InChI is InChI=1S/C23H23FN6O2/c1-3-32-12-16-11-30-21(22(25)26-13-27-30)20(16)15-5-7-17(8-6-15)28-23(31)29-19-10-14(2)4-9-18(19)24/h4-11,13H,3,12H2,1-2H3,(H2,25,26,27)(H2,28,29,31). The summed E-state index contributed by atoms with van der Waals surface area (Å²) < 4.78 is 21.2. The van der Waals surface area contributed by atoms with E-state index in [4.69, 9.17) is 10.5 Å². The minimum absolute atomic E-state index is 0.121. The molecule has 4 rings (SSSR count). The van der Waals surface area contributed by atoms with Gasteiger partial charge in [0.2, 0.25) is 0 Å². The van der Waals surface area contributed by atoms with Gasteiger partial charge in [0.05, 0.1) is 12.3 Å². The second-order valence-corrected chi connectivity index (χ2v) is 7.24. The highest BCUT2D eigenvalue weighted by Crippen LogP contribution is 2.33. The molecule has 0 unspecified atom stereocenters. The molecule has 2 heterocycles. The molecule has 0 aliphatic heterocycles. The molecule has 0 fully saturated rings. The lowest BCUT2D eigenvalue weighted by molar-refractivity contribution is 0.134. The summed E-state index contributed by atoms with van der Waals surface area (Å²) in [5.41, 5.74) is 11.0. The Kier molecular flexibility index (Phi) is 6.00. The Morgan fingerprint density at radius 3 is 2.72 bits per heavy atom. The van der Waals surface area contributed by atoms with Crippen LogP contribution < -0.4 is 16.4 Å². The summed E-state index contributed by atoms with van der Waals surface area (Å²) in [5.74, 6) is -0.136. The average molecular weight is 434 g/mol. The Balaban J connectivity index is 1.58. The number of fused-ring (bicyclic) bond motifs is 1. The number of urea groups is 1. The zero-order chi connectivity index (χ0) is 22.7. The monoisotopic (exact) mass is 434 g/mol. The summed E-state index contributed by atoms with van der Waals surface area (Å²) in [6.45, 7) is 4.73. The van der Waals surface area contributed by atoms with Crippen molar-refractivity contribution in [2.24, 2.45) is 0 Å². The number of rotatable bonds is 6. The number of ether oxygens (including phenoxy) is 1. The van der Waals surface area contributed by atoms with E-state index in [1.807, 2.05) is 32.2 Å². The average Bonchev–Trinajstić information content (AvgIpc) is 3.15. The van der Waals surface area contributed by atoms with E-state index >= 15 is 0 Å². The van der Waals surface area contributed by atoms with Crippen molar-refractivity contribution >= 4 is 28.7 Å². The lowest BCUT2D eigenvalue weighted by Crippen LogP contribution is -2.20. The molecular formula is C23H23FN6O2. The molecule has 2 amide bonds. The van der Waals surface area contributed by atoms with Crippen LogP contribution in [0, 0.1) is 12.7 Å². The molecule has 4 aromatic rings. The van der Waals surface area contributed by atoms with Gasteiger partial charge in [-0.25, -0.2) is 18.7 Å². The summed E-state index contributed by atoms with van der Waals surface area (Å²) in [4.78, 5) is 16.4. The number of aryl methyl sites for hydroxylation is 1. The number of hydrogen-bond acceptors (Lipinski definition) is 5. The highest BCUT2D eigenvalue weighted by Gasteiger charge is 2.17. The minimum atomic E-state index is -0.536. The number of halogens is 1. The van der Waals surface area contributed by atoms with E-state index in [9.17, 15) is 9.18 Å². The Labute approximate surface area is 184 Å². The summed E-state index contributed by atoms with van der Waals surface area (Å²) in [6.07, 6.45) is 3.27. The first-order chi connectivity index (χ1) is 15.5. The Bertz CT molecular complexity index is 1270. The molecule has 0 saturated carbocycles. The number of nitrogens with zero attached hydrogens (tertiary/aromatic N) is 3. The predicted molar refractivity (Wildman–Crippen MR) is 122 cm³/mol. The van der Waals surface area contributed by atoms with Gasteiger partial charge in [0.25, 0.3) is 0 Å². The summed E-state index contributed by atoms with van der Waals surface area (Å²) in [7, 11) is 0. The van der Waals surface area contributed by atoms with Crippen molar-refractivity contribution in [3.63, 3.8) is 0 Å². The first kappa shape index (κ1) is 21.3. The fraction of sp³-hybridized carbons (Fsp3) is 0.174. The van der Waals surface area contributed by atoms with E-state index in [0.717, 1.165) is 22.3 Å². The van der Waals surface area contributed by atoms with Crippen LogP contribution in [0.3, 0.4) is 0 Å². The Hall–Kier alpha value is -3.98. The van der Waals surface area contributed by atoms with Crippen molar-refractivity contribution in [2.45, 2.75) is 20.5 Å². The third-order valence-corrected chi connectivity index (χ3v) is 4.94. The van der Waals surface area contributed by atoms with E-state index in [2.05, 4.69) is 20.7 Å². The second kappa shape index (κ2) is 9.03. The largest absolute Gasteiger partial charge is 0.382 e. The van der Waals surface area contributed by atoms with Crippen molar-refractivity contribution in [1.29, 1.82) is 0 Å². The van der Waals surface area contributed by atoms with Crippen molar-refractivity contribution in [1.82, 2.24) is 14.6 Å². The number of benzene rings is 2. The zero-order valence-electron chi connectivity index (χ0n) is 17.7. The van der Waals surface area contributed by atoms with Crippen LogP contribution in [0.25, 0.3) is 16.6 Å². The molecule has 164 valence electrons. The maximum atomic E-state index is 13.9. The normalized spacial score (nSPS) is 11.0. The fourth-order valence-corrected chi connectivity index (χ4v) is 3.47. The van der Waals surface area contributed by atoms with Crippen LogP contribution in [0.5, 0.6) is 0 Å². The first-order valence-electron chi connectivity index (χ1n) is 10.1. The third-order valence-electron chi connectivity index (χ3n) is 4.94. The molecule has 0 aliphatic rings. The van der Waals surface area contributed by atoms with Crippen LogP contribution >= 0.6 is 0 Å². The lowest BCUT2D eigenvalue weighted by atomic mass is 10.0. The number of carbonyl (C=O) groups is 1. The van der Waals surface area contributed by atoms with Crippen molar-refractivity contribution in [3.8, 4) is 11.1 Å². The number of amides is 2. The summed E-state index contributed by atoms with van der Waals surface area (Å²) in [6, 6.07) is 11.2. The van der Waals surface area contributed by atoms with Crippen LogP contribution in [0.4, 0.5) is 26.4 Å². The molecular weight excluding hydrogens is 411 g/mol. The highest BCUT2D eigenvalue weighted by atomic mass is 19.1. The SMILES string of the molecule is CCOCc1cn2ncnc(N)c2c1-c1ccc(NC(=O)Nc2cc(C)ccc2F)cc1. The molecule has 0 radical (unpaired) electrons. The van der Waals surface area contributed by atoms with Crippen molar-refractivity contribution in [3.05, 3.63) is 71.9 Å². The number of nitrogen functional groups attached to an aromatic ring is 1. The van der Waals surface area contributed by atoms with Gasteiger partial charge >= 0.3 is 6.03 Å². The molecule has 0 atom stereocenters. The predicted octanol–water partition coefficient (Wildman–Crippen LogP) is 4.61. The molecule has 0 aliphatic carbocycles. The molecule has 0 bridgehead atoms. The van der Waals surface area contributed by atoms with Crippen LogP contribution in [-0.2, 0) is 11.3 Å². The van der Waals surface area contributed by atoms with Gasteiger partial charge in [0, 0.05) is 29.6 Å². The summed E-state index contributed by atoms with van der Waals surface area (Å²) >= 11 is 0.